The van der Waals surface area contributed by atoms with Gasteiger partial charge in [-0.15, -0.1) is 11.6 Å². The topological polar surface area (TPSA) is 34.9 Å². The normalized spacial score (nSPS) is 14.7. The third-order valence-electron chi connectivity index (χ3n) is 3.04. The van der Waals surface area contributed by atoms with Gasteiger partial charge >= 0.3 is 0 Å². The SMILES string of the molecule is CCS(=O)CCn1c(C(C)Cl)nc2cc(Br)c(F)cc21. The van der Waals surface area contributed by atoms with Gasteiger partial charge in [0.15, 0.2) is 0 Å². The van der Waals surface area contributed by atoms with Crippen LogP contribution in [0.4, 0.5) is 4.39 Å². The van der Waals surface area contributed by atoms with E-state index in [1.54, 1.807) is 6.07 Å². The van der Waals surface area contributed by atoms with Crippen LogP contribution >= 0.6 is 27.5 Å². The summed E-state index contributed by atoms with van der Waals surface area (Å²) in [7, 11) is -0.880. The van der Waals surface area contributed by atoms with Gasteiger partial charge < -0.3 is 4.57 Å². The van der Waals surface area contributed by atoms with Crippen LogP contribution in [0.15, 0.2) is 16.6 Å². The van der Waals surface area contributed by atoms with Gasteiger partial charge in [-0.1, -0.05) is 6.92 Å². The molecule has 0 N–H and O–H groups in total. The Kier molecular flexibility index (Phi) is 5.20. The summed E-state index contributed by atoms with van der Waals surface area (Å²) in [5.74, 6) is 1.45. The van der Waals surface area contributed by atoms with Crippen LogP contribution in [0.3, 0.4) is 0 Å². The van der Waals surface area contributed by atoms with E-state index < -0.39 is 10.8 Å². The van der Waals surface area contributed by atoms with Crippen molar-refractivity contribution in [3.8, 4) is 0 Å². The average molecular weight is 382 g/mol. The minimum atomic E-state index is -0.880. The highest BCUT2D eigenvalue weighted by Crippen LogP contribution is 2.28. The Morgan fingerprint density at radius 3 is 2.85 bits per heavy atom. The lowest BCUT2D eigenvalue weighted by molar-refractivity contribution is 0.621. The summed E-state index contributed by atoms with van der Waals surface area (Å²) in [5.41, 5.74) is 1.37. The van der Waals surface area contributed by atoms with Crippen molar-refractivity contribution in [1.29, 1.82) is 0 Å². The van der Waals surface area contributed by atoms with E-state index in [0.29, 0.717) is 39.4 Å². The maximum absolute atomic E-state index is 13.7. The standard InChI is InChI=1S/C13H15BrClFN2OS/c1-3-20(19)5-4-18-12-7-10(16)9(14)6-11(12)17-13(18)8(2)15/h6-8H,3-5H2,1-2H3. The zero-order valence-corrected chi connectivity index (χ0v) is 14.4. The minimum Gasteiger partial charge on any atom is -0.326 e. The first-order valence-corrected chi connectivity index (χ1v) is 9.00. The highest BCUT2D eigenvalue weighted by Gasteiger charge is 2.17. The van der Waals surface area contributed by atoms with Crippen molar-refractivity contribution in [1.82, 2.24) is 9.55 Å². The van der Waals surface area contributed by atoms with Crippen molar-refractivity contribution in [2.24, 2.45) is 0 Å². The molecule has 0 aliphatic rings. The lowest BCUT2D eigenvalue weighted by atomic mass is 10.3. The molecule has 2 unspecified atom stereocenters. The summed E-state index contributed by atoms with van der Waals surface area (Å²) in [4.78, 5) is 4.45. The Balaban J connectivity index is 2.50. The average Bonchev–Trinajstić information content (AvgIpc) is 2.74. The summed E-state index contributed by atoms with van der Waals surface area (Å²) in [5, 5.41) is -0.292. The third-order valence-corrected chi connectivity index (χ3v) is 5.12. The van der Waals surface area contributed by atoms with Gasteiger partial charge in [-0.25, -0.2) is 9.37 Å². The Bertz CT molecular complexity index is 659. The fourth-order valence-electron chi connectivity index (χ4n) is 2.01. The number of imidazole rings is 1. The summed E-state index contributed by atoms with van der Waals surface area (Å²) in [6.07, 6.45) is 0. The van der Waals surface area contributed by atoms with Gasteiger partial charge in [0.1, 0.15) is 11.6 Å². The van der Waals surface area contributed by atoms with Crippen molar-refractivity contribution in [2.75, 3.05) is 11.5 Å². The van der Waals surface area contributed by atoms with E-state index in [0.717, 1.165) is 0 Å². The zero-order valence-electron chi connectivity index (χ0n) is 11.2. The van der Waals surface area contributed by atoms with E-state index in [2.05, 4.69) is 20.9 Å². The molecule has 20 heavy (non-hydrogen) atoms. The predicted molar refractivity (Wildman–Crippen MR) is 85.2 cm³/mol. The fraction of sp³-hybridized carbons (Fsp3) is 0.462. The molecule has 0 radical (unpaired) electrons. The quantitative estimate of drug-likeness (QED) is 0.734. The largest absolute Gasteiger partial charge is 0.326 e. The second-order valence-corrected chi connectivity index (χ2v) is 7.80. The Labute approximate surface area is 133 Å². The molecule has 1 aromatic heterocycles. The number of hydrogen-bond donors (Lipinski definition) is 0. The van der Waals surface area contributed by atoms with Crippen LogP contribution in [0.25, 0.3) is 11.0 Å². The van der Waals surface area contributed by atoms with E-state index in [-0.39, 0.29) is 11.2 Å². The number of hydrogen-bond acceptors (Lipinski definition) is 2. The molecule has 0 fully saturated rings. The molecular weight excluding hydrogens is 367 g/mol. The fourth-order valence-corrected chi connectivity index (χ4v) is 3.19. The molecular formula is C13H15BrClFN2OS. The highest BCUT2D eigenvalue weighted by atomic mass is 79.9. The van der Waals surface area contributed by atoms with Crippen molar-refractivity contribution in [3.63, 3.8) is 0 Å². The second kappa shape index (κ2) is 6.54. The zero-order chi connectivity index (χ0) is 14.9. The van der Waals surface area contributed by atoms with Crippen LogP contribution in [0, 0.1) is 5.82 Å². The van der Waals surface area contributed by atoms with E-state index in [1.807, 2.05) is 18.4 Å². The molecule has 0 saturated heterocycles. The Morgan fingerprint density at radius 2 is 2.25 bits per heavy atom. The lowest BCUT2D eigenvalue weighted by Crippen LogP contribution is -2.12. The number of aromatic nitrogens is 2. The van der Waals surface area contributed by atoms with Crippen LogP contribution in [0.5, 0.6) is 0 Å². The molecule has 0 amide bonds. The van der Waals surface area contributed by atoms with Crippen molar-refractivity contribution < 1.29 is 8.60 Å². The van der Waals surface area contributed by atoms with E-state index in [1.165, 1.54) is 6.07 Å². The van der Waals surface area contributed by atoms with Gasteiger partial charge in [0.2, 0.25) is 0 Å². The number of halogens is 3. The van der Waals surface area contributed by atoms with Gasteiger partial charge in [-0.2, -0.15) is 0 Å². The summed E-state index contributed by atoms with van der Waals surface area (Å²) >= 11 is 9.30. The third kappa shape index (κ3) is 3.23. The minimum absolute atomic E-state index is 0.292. The van der Waals surface area contributed by atoms with Gasteiger partial charge in [0, 0.05) is 34.9 Å². The molecule has 2 rings (SSSR count). The molecule has 0 saturated carbocycles. The lowest BCUT2D eigenvalue weighted by Gasteiger charge is -2.10. The van der Waals surface area contributed by atoms with E-state index >= 15 is 0 Å². The number of rotatable bonds is 5. The maximum atomic E-state index is 13.7. The van der Waals surface area contributed by atoms with Crippen molar-refractivity contribution in [3.05, 3.63) is 28.2 Å². The first-order valence-electron chi connectivity index (χ1n) is 6.28. The summed E-state index contributed by atoms with van der Waals surface area (Å²) in [6.45, 7) is 4.22. The Hall–Kier alpha value is -0.460. The molecule has 7 heteroatoms. The van der Waals surface area contributed by atoms with Gasteiger partial charge in [-0.3, -0.25) is 4.21 Å². The highest BCUT2D eigenvalue weighted by molar-refractivity contribution is 9.10. The number of benzene rings is 1. The monoisotopic (exact) mass is 380 g/mol. The smallest absolute Gasteiger partial charge is 0.139 e. The van der Waals surface area contributed by atoms with Gasteiger partial charge in [-0.05, 0) is 28.9 Å². The number of aryl methyl sites for hydroxylation is 1. The van der Waals surface area contributed by atoms with Crippen LogP contribution in [0.2, 0.25) is 0 Å². The number of alkyl halides is 1. The molecule has 1 heterocycles. The van der Waals surface area contributed by atoms with Crippen molar-refractivity contribution in [2.45, 2.75) is 25.8 Å². The van der Waals surface area contributed by atoms with Gasteiger partial charge in [0.05, 0.1) is 20.9 Å². The molecule has 0 aliphatic heterocycles. The predicted octanol–water partition coefficient (Wildman–Crippen LogP) is 4.01. The first-order chi connectivity index (χ1) is 9.43. The summed E-state index contributed by atoms with van der Waals surface area (Å²) < 4.78 is 27.6. The maximum Gasteiger partial charge on any atom is 0.139 e. The van der Waals surface area contributed by atoms with Crippen LogP contribution in [-0.2, 0) is 17.3 Å². The number of nitrogens with zero attached hydrogens (tertiary/aromatic N) is 2. The first kappa shape index (κ1) is 15.9. The van der Waals surface area contributed by atoms with E-state index in [4.69, 9.17) is 11.6 Å². The molecule has 110 valence electrons. The molecule has 0 bridgehead atoms. The number of fused-ring (bicyclic) bond motifs is 1. The summed E-state index contributed by atoms with van der Waals surface area (Å²) in [6, 6.07) is 3.07. The van der Waals surface area contributed by atoms with E-state index in [9.17, 15) is 8.60 Å². The second-order valence-electron chi connectivity index (χ2n) is 4.43. The molecule has 0 aliphatic carbocycles. The van der Waals surface area contributed by atoms with Crippen LogP contribution in [0.1, 0.15) is 25.0 Å². The molecule has 2 atom stereocenters. The molecule has 1 aromatic carbocycles. The van der Waals surface area contributed by atoms with Crippen molar-refractivity contribution >= 4 is 49.4 Å². The molecule has 3 nitrogen and oxygen atoms in total. The molecule has 2 aromatic rings. The van der Waals surface area contributed by atoms with Gasteiger partial charge in [0.25, 0.3) is 0 Å². The van der Waals surface area contributed by atoms with Crippen LogP contribution < -0.4 is 0 Å². The Morgan fingerprint density at radius 1 is 1.55 bits per heavy atom. The molecule has 0 spiro atoms. The van der Waals surface area contributed by atoms with Crippen LogP contribution in [-0.4, -0.2) is 25.3 Å².